The van der Waals surface area contributed by atoms with Crippen LogP contribution in [0.3, 0.4) is 0 Å². The molecule has 0 heterocycles. The molecule has 0 saturated carbocycles. The van der Waals surface area contributed by atoms with Crippen LogP contribution in [0, 0.1) is 11.3 Å². The number of ether oxygens (including phenoxy) is 1. The fourth-order valence-corrected chi connectivity index (χ4v) is 3.66. The molecule has 23 heavy (non-hydrogen) atoms. The fraction of sp³-hybridized carbons (Fsp3) is 0.462. The molecule has 0 aliphatic rings. The summed E-state index contributed by atoms with van der Waals surface area (Å²) < 4.78 is 69.1. The molecule has 0 radical (unpaired) electrons. The van der Waals surface area contributed by atoms with E-state index < -0.39 is 26.7 Å². The molecule has 0 fully saturated rings. The van der Waals surface area contributed by atoms with E-state index in [1.807, 2.05) is 0 Å². The number of rotatable bonds is 7. The SMILES string of the molecule is COCCN(CCC#N)S(=O)(=O)c1cc(C(F)(F)F)ccc1Cl. The van der Waals surface area contributed by atoms with Gasteiger partial charge in [0.25, 0.3) is 0 Å². The number of methoxy groups -OCH3 is 1. The molecule has 0 unspecified atom stereocenters. The quantitative estimate of drug-likeness (QED) is 0.740. The van der Waals surface area contributed by atoms with E-state index in [-0.39, 0.29) is 31.1 Å². The third kappa shape index (κ3) is 5.07. The number of sulfonamides is 1. The smallest absolute Gasteiger partial charge is 0.383 e. The molecule has 5 nitrogen and oxygen atoms in total. The van der Waals surface area contributed by atoms with Crippen molar-refractivity contribution in [3.05, 3.63) is 28.8 Å². The van der Waals surface area contributed by atoms with E-state index in [2.05, 4.69) is 0 Å². The van der Waals surface area contributed by atoms with E-state index in [4.69, 9.17) is 21.6 Å². The lowest BCUT2D eigenvalue weighted by molar-refractivity contribution is -0.137. The molecule has 1 aromatic carbocycles. The molecular formula is C13H14ClF3N2O3S. The molecule has 0 aromatic heterocycles. The van der Waals surface area contributed by atoms with E-state index in [1.165, 1.54) is 7.11 Å². The maximum absolute atomic E-state index is 12.8. The van der Waals surface area contributed by atoms with Crippen LogP contribution >= 0.6 is 11.6 Å². The summed E-state index contributed by atoms with van der Waals surface area (Å²) in [7, 11) is -2.94. The molecule has 0 atom stereocenters. The molecule has 0 spiro atoms. The van der Waals surface area contributed by atoms with Crippen molar-refractivity contribution in [1.29, 1.82) is 5.26 Å². The first kappa shape index (κ1) is 19.7. The van der Waals surface area contributed by atoms with Gasteiger partial charge in [-0.2, -0.15) is 22.7 Å². The summed E-state index contributed by atoms with van der Waals surface area (Å²) in [5.41, 5.74) is -1.12. The predicted molar refractivity (Wildman–Crippen MR) is 77.3 cm³/mol. The first-order valence-electron chi connectivity index (χ1n) is 6.37. The molecule has 1 rings (SSSR count). The van der Waals surface area contributed by atoms with Gasteiger partial charge in [-0.15, -0.1) is 0 Å². The number of alkyl halides is 3. The lowest BCUT2D eigenvalue weighted by Crippen LogP contribution is -2.35. The first-order chi connectivity index (χ1) is 10.6. The van der Waals surface area contributed by atoms with Crippen molar-refractivity contribution in [2.75, 3.05) is 26.8 Å². The minimum absolute atomic E-state index is 0.0290. The van der Waals surface area contributed by atoms with Crippen LogP contribution in [0.15, 0.2) is 23.1 Å². The summed E-state index contributed by atoms with van der Waals surface area (Å²) in [4.78, 5) is -0.650. The Balaban J connectivity index is 3.30. The van der Waals surface area contributed by atoms with Crippen LogP contribution in [-0.2, 0) is 20.9 Å². The maximum atomic E-state index is 12.8. The topological polar surface area (TPSA) is 70.4 Å². The zero-order valence-corrected chi connectivity index (χ0v) is 13.7. The van der Waals surface area contributed by atoms with Gasteiger partial charge in [0, 0.05) is 26.6 Å². The predicted octanol–water partition coefficient (Wildman–Crippen LogP) is 2.91. The van der Waals surface area contributed by atoms with Crippen molar-refractivity contribution in [2.45, 2.75) is 17.5 Å². The third-order valence-electron chi connectivity index (χ3n) is 2.89. The Labute approximate surface area is 137 Å². The lowest BCUT2D eigenvalue weighted by Gasteiger charge is -2.22. The molecule has 10 heteroatoms. The van der Waals surface area contributed by atoms with Crippen molar-refractivity contribution < 1.29 is 26.3 Å². The van der Waals surface area contributed by atoms with Gasteiger partial charge in [0.05, 0.1) is 23.3 Å². The number of hydrogen-bond acceptors (Lipinski definition) is 4. The number of hydrogen-bond donors (Lipinski definition) is 0. The molecule has 0 saturated heterocycles. The Hall–Kier alpha value is -1.34. The summed E-state index contributed by atoms with van der Waals surface area (Å²) >= 11 is 5.77. The molecule has 0 aliphatic heterocycles. The van der Waals surface area contributed by atoms with Crippen LogP contribution in [0.4, 0.5) is 13.2 Å². The fourth-order valence-electron chi connectivity index (χ4n) is 1.74. The van der Waals surface area contributed by atoms with E-state index >= 15 is 0 Å². The van der Waals surface area contributed by atoms with Gasteiger partial charge in [0.2, 0.25) is 10.0 Å². The highest BCUT2D eigenvalue weighted by Crippen LogP contribution is 2.34. The van der Waals surface area contributed by atoms with Crippen molar-refractivity contribution in [2.24, 2.45) is 0 Å². The van der Waals surface area contributed by atoms with Gasteiger partial charge in [-0.05, 0) is 18.2 Å². The Morgan fingerprint density at radius 2 is 2.00 bits per heavy atom. The lowest BCUT2D eigenvalue weighted by atomic mass is 10.2. The summed E-state index contributed by atoms with van der Waals surface area (Å²) in [5.74, 6) is 0. The minimum atomic E-state index is -4.70. The molecule has 0 amide bonds. The van der Waals surface area contributed by atoms with Crippen molar-refractivity contribution in [1.82, 2.24) is 4.31 Å². The van der Waals surface area contributed by atoms with Gasteiger partial charge in [-0.1, -0.05) is 11.6 Å². The molecule has 0 bridgehead atoms. The Morgan fingerprint density at radius 3 is 2.52 bits per heavy atom. The number of benzene rings is 1. The Morgan fingerprint density at radius 1 is 1.35 bits per heavy atom. The molecule has 128 valence electrons. The van der Waals surface area contributed by atoms with Crippen LogP contribution in [0.2, 0.25) is 5.02 Å². The Kier molecular flexibility index (Phi) is 6.83. The zero-order valence-electron chi connectivity index (χ0n) is 12.1. The number of nitrogens with zero attached hydrogens (tertiary/aromatic N) is 2. The highest BCUT2D eigenvalue weighted by molar-refractivity contribution is 7.89. The Bertz CT molecular complexity index is 687. The number of halogens is 4. The zero-order chi connectivity index (χ0) is 17.7. The van der Waals surface area contributed by atoms with Gasteiger partial charge in [0.15, 0.2) is 0 Å². The molecule has 0 N–H and O–H groups in total. The van der Waals surface area contributed by atoms with Crippen LogP contribution in [0.25, 0.3) is 0 Å². The first-order valence-corrected chi connectivity index (χ1v) is 8.19. The van der Waals surface area contributed by atoms with Gasteiger partial charge in [-0.25, -0.2) is 8.42 Å². The minimum Gasteiger partial charge on any atom is -0.383 e. The standard InChI is InChI=1S/C13H14ClF3N2O3S/c1-22-8-7-19(6-2-5-18)23(20,21)12-9-10(13(15,16)17)3-4-11(12)14/h3-4,9H,2,6-8H2,1H3. The second-order valence-electron chi connectivity index (χ2n) is 4.45. The maximum Gasteiger partial charge on any atom is 0.416 e. The highest BCUT2D eigenvalue weighted by atomic mass is 35.5. The van der Waals surface area contributed by atoms with Crippen molar-refractivity contribution in [3.63, 3.8) is 0 Å². The summed E-state index contributed by atoms with van der Waals surface area (Å²) in [6.07, 6.45) is -4.81. The molecule has 0 aliphatic carbocycles. The second kappa shape index (κ2) is 7.97. The third-order valence-corrected chi connectivity index (χ3v) is 5.27. The van der Waals surface area contributed by atoms with Crippen LogP contribution < -0.4 is 0 Å². The largest absolute Gasteiger partial charge is 0.416 e. The second-order valence-corrected chi connectivity index (χ2v) is 6.76. The molecular weight excluding hydrogens is 357 g/mol. The van der Waals surface area contributed by atoms with Gasteiger partial charge < -0.3 is 4.74 Å². The van der Waals surface area contributed by atoms with E-state index in [1.54, 1.807) is 6.07 Å². The average Bonchev–Trinajstić information content (AvgIpc) is 2.46. The van der Waals surface area contributed by atoms with Crippen molar-refractivity contribution >= 4 is 21.6 Å². The van der Waals surface area contributed by atoms with Gasteiger partial charge in [-0.3, -0.25) is 0 Å². The summed E-state index contributed by atoms with van der Waals surface area (Å²) in [5, 5.41) is 8.28. The van der Waals surface area contributed by atoms with Gasteiger partial charge >= 0.3 is 6.18 Å². The van der Waals surface area contributed by atoms with Crippen LogP contribution in [0.1, 0.15) is 12.0 Å². The summed E-state index contributed by atoms with van der Waals surface area (Å²) in [6, 6.07) is 3.87. The average molecular weight is 371 g/mol. The normalized spacial score (nSPS) is 12.4. The van der Waals surface area contributed by atoms with Crippen LogP contribution in [-0.4, -0.2) is 39.5 Å². The number of nitriles is 1. The monoisotopic (exact) mass is 370 g/mol. The van der Waals surface area contributed by atoms with Crippen molar-refractivity contribution in [3.8, 4) is 6.07 Å². The highest BCUT2D eigenvalue weighted by Gasteiger charge is 2.34. The van der Waals surface area contributed by atoms with E-state index in [9.17, 15) is 21.6 Å². The summed E-state index contributed by atoms with van der Waals surface area (Å²) in [6.45, 7) is -0.247. The van der Waals surface area contributed by atoms with E-state index in [0.29, 0.717) is 12.1 Å². The van der Waals surface area contributed by atoms with Gasteiger partial charge in [0.1, 0.15) is 4.90 Å². The van der Waals surface area contributed by atoms with E-state index in [0.717, 1.165) is 10.4 Å². The van der Waals surface area contributed by atoms with Crippen LogP contribution in [0.5, 0.6) is 0 Å². The molecule has 1 aromatic rings.